The van der Waals surface area contributed by atoms with E-state index in [9.17, 15) is 0 Å². The molecule has 1 atom stereocenters. The maximum Gasteiger partial charge on any atom is 0.271 e. The number of benzene rings is 2. The second-order valence-electron chi connectivity index (χ2n) is 4.52. The van der Waals surface area contributed by atoms with E-state index in [1.165, 1.54) is 0 Å². The molecule has 0 saturated carbocycles. The molecule has 0 N–H and O–H groups in total. The minimum absolute atomic E-state index is 0.298. The highest BCUT2D eigenvalue weighted by molar-refractivity contribution is 5.42. The summed E-state index contributed by atoms with van der Waals surface area (Å²) in [5, 5.41) is 0. The molecule has 0 saturated heterocycles. The van der Waals surface area contributed by atoms with Gasteiger partial charge in [0.2, 0.25) is 0 Å². The summed E-state index contributed by atoms with van der Waals surface area (Å²) < 4.78 is 22.6. The van der Waals surface area contributed by atoms with Crippen molar-refractivity contribution < 1.29 is 18.9 Å². The van der Waals surface area contributed by atoms with Gasteiger partial charge in [0.1, 0.15) is 5.75 Å². The van der Waals surface area contributed by atoms with Crippen molar-refractivity contribution in [2.45, 2.75) is 5.79 Å². The Morgan fingerprint density at radius 3 is 2.30 bits per heavy atom. The lowest BCUT2D eigenvalue weighted by Gasteiger charge is -2.37. The molecule has 1 heterocycles. The minimum Gasteiger partial charge on any atom is -0.497 e. The first kappa shape index (κ1) is 12.8. The molecule has 4 heteroatoms. The summed E-state index contributed by atoms with van der Waals surface area (Å²) in [6.45, 7) is 0.298. The van der Waals surface area contributed by atoms with E-state index in [1.807, 2.05) is 48.5 Å². The van der Waals surface area contributed by atoms with Gasteiger partial charge < -0.3 is 18.9 Å². The zero-order valence-corrected chi connectivity index (χ0v) is 11.5. The van der Waals surface area contributed by atoms with E-state index in [2.05, 4.69) is 0 Å². The van der Waals surface area contributed by atoms with Crippen LogP contribution >= 0.6 is 0 Å². The van der Waals surface area contributed by atoms with Crippen LogP contribution in [-0.2, 0) is 10.5 Å². The van der Waals surface area contributed by atoms with E-state index >= 15 is 0 Å². The quantitative estimate of drug-likeness (QED) is 0.860. The molecule has 0 fully saturated rings. The van der Waals surface area contributed by atoms with Gasteiger partial charge in [-0.15, -0.1) is 0 Å². The van der Waals surface area contributed by atoms with Gasteiger partial charge in [0.25, 0.3) is 5.79 Å². The van der Waals surface area contributed by atoms with Crippen molar-refractivity contribution in [3.05, 3.63) is 54.1 Å². The van der Waals surface area contributed by atoms with Gasteiger partial charge in [-0.05, 0) is 36.4 Å². The zero-order valence-electron chi connectivity index (χ0n) is 11.5. The lowest BCUT2D eigenvalue weighted by Crippen LogP contribution is -2.43. The number of hydrogen-bond donors (Lipinski definition) is 0. The van der Waals surface area contributed by atoms with E-state index in [0.29, 0.717) is 12.4 Å². The molecule has 4 nitrogen and oxygen atoms in total. The lowest BCUT2D eigenvalue weighted by atomic mass is 10.0. The summed E-state index contributed by atoms with van der Waals surface area (Å²) in [7, 11) is 3.25. The molecule has 1 aliphatic heterocycles. The molecule has 3 rings (SSSR count). The summed E-state index contributed by atoms with van der Waals surface area (Å²) >= 11 is 0. The minimum atomic E-state index is -0.930. The number of methoxy groups -OCH3 is 2. The summed E-state index contributed by atoms with van der Waals surface area (Å²) in [6.07, 6.45) is 0. The summed E-state index contributed by atoms with van der Waals surface area (Å²) in [4.78, 5) is 0. The maximum absolute atomic E-state index is 6.04. The fourth-order valence-corrected chi connectivity index (χ4v) is 2.24. The molecule has 0 aromatic heterocycles. The molecule has 0 aliphatic carbocycles. The Balaban J connectivity index is 1.96. The molecule has 0 radical (unpaired) electrons. The highest BCUT2D eigenvalue weighted by Gasteiger charge is 2.40. The van der Waals surface area contributed by atoms with Gasteiger partial charge in [0, 0.05) is 12.7 Å². The first-order valence-corrected chi connectivity index (χ1v) is 6.38. The molecular formula is C16H16O4. The second kappa shape index (κ2) is 5.06. The Hall–Kier alpha value is -2.20. The van der Waals surface area contributed by atoms with Gasteiger partial charge in [-0.25, -0.2) is 0 Å². The van der Waals surface area contributed by atoms with Crippen molar-refractivity contribution in [3.8, 4) is 17.2 Å². The number of para-hydroxylation sites is 2. The average Bonchev–Trinajstić information content (AvgIpc) is 2.54. The molecule has 1 aliphatic rings. The van der Waals surface area contributed by atoms with Crippen LogP contribution < -0.4 is 14.2 Å². The van der Waals surface area contributed by atoms with Crippen LogP contribution in [-0.4, -0.2) is 20.8 Å². The van der Waals surface area contributed by atoms with Gasteiger partial charge in [-0.3, -0.25) is 0 Å². The second-order valence-corrected chi connectivity index (χ2v) is 4.52. The average molecular weight is 272 g/mol. The van der Waals surface area contributed by atoms with Crippen LogP contribution in [0.2, 0.25) is 0 Å². The third kappa shape index (κ3) is 2.08. The highest BCUT2D eigenvalue weighted by atomic mass is 16.7. The van der Waals surface area contributed by atoms with Crippen molar-refractivity contribution in [1.82, 2.24) is 0 Å². The Bertz CT molecular complexity index is 594. The molecule has 104 valence electrons. The SMILES string of the molecule is COc1ccc(C2(OC)COc3ccccc3O2)cc1. The van der Waals surface area contributed by atoms with E-state index in [-0.39, 0.29) is 0 Å². The number of hydrogen-bond acceptors (Lipinski definition) is 4. The molecule has 0 amide bonds. The molecular weight excluding hydrogens is 256 g/mol. The smallest absolute Gasteiger partial charge is 0.271 e. The van der Waals surface area contributed by atoms with E-state index in [0.717, 1.165) is 17.1 Å². The topological polar surface area (TPSA) is 36.9 Å². The number of rotatable bonds is 3. The summed E-state index contributed by atoms with van der Waals surface area (Å²) in [5.41, 5.74) is 0.885. The Kier molecular flexibility index (Phi) is 3.24. The van der Waals surface area contributed by atoms with Crippen LogP contribution in [0.3, 0.4) is 0 Å². The third-order valence-corrected chi connectivity index (χ3v) is 3.40. The van der Waals surface area contributed by atoms with E-state index in [4.69, 9.17) is 18.9 Å². The maximum atomic E-state index is 6.04. The van der Waals surface area contributed by atoms with Gasteiger partial charge in [0.05, 0.1) is 7.11 Å². The summed E-state index contributed by atoms with van der Waals surface area (Å²) in [6, 6.07) is 15.1. The standard InChI is InChI=1S/C16H16O4/c1-17-13-9-7-12(8-10-13)16(18-2)11-19-14-5-3-4-6-15(14)20-16/h3-10H,11H2,1-2H3. The largest absolute Gasteiger partial charge is 0.497 e. The highest BCUT2D eigenvalue weighted by Crippen LogP contribution is 2.40. The monoisotopic (exact) mass is 272 g/mol. The van der Waals surface area contributed by atoms with Crippen molar-refractivity contribution in [1.29, 1.82) is 0 Å². The van der Waals surface area contributed by atoms with E-state index < -0.39 is 5.79 Å². The molecule has 20 heavy (non-hydrogen) atoms. The number of ether oxygens (including phenoxy) is 4. The molecule has 2 aromatic rings. The van der Waals surface area contributed by atoms with Gasteiger partial charge >= 0.3 is 0 Å². The predicted molar refractivity (Wildman–Crippen MR) is 74.2 cm³/mol. The molecule has 0 spiro atoms. The lowest BCUT2D eigenvalue weighted by molar-refractivity contribution is -0.204. The fraction of sp³-hybridized carbons (Fsp3) is 0.250. The number of fused-ring (bicyclic) bond motifs is 1. The zero-order chi connectivity index (χ0) is 14.0. The molecule has 2 aromatic carbocycles. The Labute approximate surface area is 117 Å². The van der Waals surface area contributed by atoms with Crippen molar-refractivity contribution >= 4 is 0 Å². The normalized spacial score (nSPS) is 20.5. The van der Waals surface area contributed by atoms with Crippen LogP contribution in [0.1, 0.15) is 5.56 Å². The van der Waals surface area contributed by atoms with Gasteiger partial charge in [-0.2, -0.15) is 0 Å². The van der Waals surface area contributed by atoms with Crippen LogP contribution in [0.25, 0.3) is 0 Å². The molecule has 0 bridgehead atoms. The third-order valence-electron chi connectivity index (χ3n) is 3.40. The predicted octanol–water partition coefficient (Wildman–Crippen LogP) is 2.97. The van der Waals surface area contributed by atoms with Crippen LogP contribution in [0, 0.1) is 0 Å². The van der Waals surface area contributed by atoms with Gasteiger partial charge in [0.15, 0.2) is 18.1 Å². The van der Waals surface area contributed by atoms with Crippen LogP contribution in [0.4, 0.5) is 0 Å². The van der Waals surface area contributed by atoms with Crippen LogP contribution in [0.15, 0.2) is 48.5 Å². The van der Waals surface area contributed by atoms with Crippen molar-refractivity contribution in [3.63, 3.8) is 0 Å². The first-order chi connectivity index (χ1) is 9.77. The first-order valence-electron chi connectivity index (χ1n) is 6.38. The van der Waals surface area contributed by atoms with Crippen molar-refractivity contribution in [2.24, 2.45) is 0 Å². The van der Waals surface area contributed by atoms with E-state index in [1.54, 1.807) is 14.2 Å². The van der Waals surface area contributed by atoms with Crippen molar-refractivity contribution in [2.75, 3.05) is 20.8 Å². The Morgan fingerprint density at radius 2 is 1.65 bits per heavy atom. The van der Waals surface area contributed by atoms with Crippen LogP contribution in [0.5, 0.6) is 17.2 Å². The molecule has 1 unspecified atom stereocenters. The summed E-state index contributed by atoms with van der Waals surface area (Å²) in [5.74, 6) is 1.27. The Morgan fingerprint density at radius 1 is 0.950 bits per heavy atom. The fourth-order valence-electron chi connectivity index (χ4n) is 2.24. The van der Waals surface area contributed by atoms with Gasteiger partial charge in [-0.1, -0.05) is 12.1 Å².